The summed E-state index contributed by atoms with van der Waals surface area (Å²) < 4.78 is 44.8. The number of non-ortho nitro benzene ring substituents is 1. The maximum Gasteiger partial charge on any atom is 0.416 e. The Bertz CT molecular complexity index is 1220. The number of fused-ring (bicyclic) bond motifs is 1. The van der Waals surface area contributed by atoms with Crippen LogP contribution >= 0.6 is 11.3 Å². The van der Waals surface area contributed by atoms with E-state index in [2.05, 4.69) is 15.0 Å². The number of nitrogens with zero attached hydrogens (tertiary/aromatic N) is 5. The normalized spacial score (nSPS) is 16.6. The van der Waals surface area contributed by atoms with Gasteiger partial charge >= 0.3 is 12.2 Å². The van der Waals surface area contributed by atoms with Crippen molar-refractivity contribution < 1.29 is 22.8 Å². The fourth-order valence-electron chi connectivity index (χ4n) is 3.16. The highest BCUT2D eigenvalue weighted by atomic mass is 32.1. The largest absolute Gasteiger partial charge is 0.458 e. The summed E-state index contributed by atoms with van der Waals surface area (Å²) >= 11 is 0.802. The number of hydrogen-bond donors (Lipinski definition) is 0. The van der Waals surface area contributed by atoms with E-state index in [-0.39, 0.29) is 21.9 Å². The molecule has 3 aromatic rings. The summed E-state index contributed by atoms with van der Waals surface area (Å²) in [5, 5.41) is 11.1. The van der Waals surface area contributed by atoms with Gasteiger partial charge in [-0.1, -0.05) is 11.3 Å². The zero-order valence-electron chi connectivity index (χ0n) is 15.9. The Labute approximate surface area is 176 Å². The van der Waals surface area contributed by atoms with Crippen LogP contribution in [0, 0.1) is 17.0 Å². The molecular formula is C18H14F3N5O4S. The van der Waals surface area contributed by atoms with Crippen molar-refractivity contribution in [1.82, 2.24) is 15.0 Å². The molecule has 31 heavy (non-hydrogen) atoms. The van der Waals surface area contributed by atoms with Crippen molar-refractivity contribution in [2.24, 2.45) is 0 Å². The predicted molar refractivity (Wildman–Crippen MR) is 106 cm³/mol. The maximum atomic E-state index is 13.1. The van der Waals surface area contributed by atoms with Gasteiger partial charge < -0.3 is 9.64 Å². The molecule has 1 saturated heterocycles. The van der Waals surface area contributed by atoms with Crippen molar-refractivity contribution in [3.8, 4) is 6.01 Å². The van der Waals surface area contributed by atoms with Crippen LogP contribution in [0.4, 0.5) is 24.0 Å². The Morgan fingerprint density at radius 2 is 2.00 bits per heavy atom. The number of anilines is 1. The van der Waals surface area contributed by atoms with Crippen molar-refractivity contribution in [2.45, 2.75) is 25.6 Å². The molecule has 0 bridgehead atoms. The average Bonchev–Trinajstić information content (AvgIpc) is 3.16. The lowest BCUT2D eigenvalue weighted by Gasteiger charge is -2.17. The first kappa shape index (κ1) is 20.9. The molecule has 0 amide bonds. The van der Waals surface area contributed by atoms with Crippen molar-refractivity contribution in [1.29, 1.82) is 0 Å². The maximum absolute atomic E-state index is 13.1. The van der Waals surface area contributed by atoms with E-state index in [9.17, 15) is 28.1 Å². The van der Waals surface area contributed by atoms with Gasteiger partial charge in [0.2, 0.25) is 0 Å². The molecule has 0 spiro atoms. The van der Waals surface area contributed by atoms with Crippen LogP contribution in [0.15, 0.2) is 29.3 Å². The Balaban J connectivity index is 1.66. The van der Waals surface area contributed by atoms with Crippen molar-refractivity contribution in [3.63, 3.8) is 0 Å². The lowest BCUT2D eigenvalue weighted by Crippen LogP contribution is -2.26. The first-order valence-electron chi connectivity index (χ1n) is 9.02. The third-order valence-corrected chi connectivity index (χ3v) is 5.82. The minimum atomic E-state index is -4.83. The van der Waals surface area contributed by atoms with E-state index in [0.29, 0.717) is 31.6 Å². The Morgan fingerprint density at radius 1 is 1.29 bits per heavy atom. The SMILES string of the molecule is Cc1cnc(O[C@H]2CCN(c3nc(=O)c4cc(C(F)(F)F)cc([N+](=O)[O-])c4s3)C2)nc1. The number of rotatable bonds is 4. The highest BCUT2D eigenvalue weighted by molar-refractivity contribution is 7.22. The third-order valence-electron chi connectivity index (χ3n) is 4.66. The van der Waals surface area contributed by atoms with Crippen LogP contribution in [0.5, 0.6) is 6.01 Å². The predicted octanol–water partition coefficient (Wildman–Crippen LogP) is 3.34. The van der Waals surface area contributed by atoms with Crippen molar-refractivity contribution >= 4 is 32.2 Å². The molecule has 0 aliphatic carbocycles. The zero-order valence-corrected chi connectivity index (χ0v) is 16.7. The molecule has 162 valence electrons. The highest BCUT2D eigenvalue weighted by Gasteiger charge is 2.35. The first-order valence-corrected chi connectivity index (χ1v) is 9.84. The Kier molecular flexibility index (Phi) is 5.21. The van der Waals surface area contributed by atoms with Crippen LogP contribution < -0.4 is 15.2 Å². The summed E-state index contributed by atoms with van der Waals surface area (Å²) in [6, 6.07) is 1.24. The summed E-state index contributed by atoms with van der Waals surface area (Å²) in [6.07, 6.45) is -1.34. The van der Waals surface area contributed by atoms with E-state index in [0.717, 1.165) is 16.9 Å². The van der Waals surface area contributed by atoms with Gasteiger partial charge in [0, 0.05) is 31.4 Å². The molecule has 2 aromatic heterocycles. The van der Waals surface area contributed by atoms with E-state index in [4.69, 9.17) is 4.74 Å². The molecule has 13 heteroatoms. The molecule has 1 fully saturated rings. The van der Waals surface area contributed by atoms with Gasteiger partial charge in [0.1, 0.15) is 10.8 Å². The quantitative estimate of drug-likeness (QED) is 0.437. The number of nitro groups is 1. The van der Waals surface area contributed by atoms with Crippen LogP contribution in [0.25, 0.3) is 10.1 Å². The van der Waals surface area contributed by atoms with Gasteiger partial charge in [-0.15, -0.1) is 0 Å². The minimum absolute atomic E-state index is 0.153. The molecule has 1 aliphatic heterocycles. The summed E-state index contributed by atoms with van der Waals surface area (Å²) in [4.78, 5) is 36.6. The van der Waals surface area contributed by atoms with E-state index in [1.807, 2.05) is 6.92 Å². The summed E-state index contributed by atoms with van der Waals surface area (Å²) in [7, 11) is 0. The minimum Gasteiger partial charge on any atom is -0.458 e. The first-order chi connectivity index (χ1) is 14.6. The molecular weight excluding hydrogens is 439 g/mol. The second kappa shape index (κ2) is 7.72. The average molecular weight is 453 g/mol. The monoisotopic (exact) mass is 453 g/mol. The smallest absolute Gasteiger partial charge is 0.416 e. The van der Waals surface area contributed by atoms with E-state index >= 15 is 0 Å². The molecule has 0 radical (unpaired) electrons. The summed E-state index contributed by atoms with van der Waals surface area (Å²) in [5.74, 6) is 0. The molecule has 1 atom stereocenters. The third kappa shape index (κ3) is 4.26. The molecule has 3 heterocycles. The summed E-state index contributed by atoms with van der Waals surface area (Å²) in [5.41, 5.74) is -2.13. The van der Waals surface area contributed by atoms with Crippen LogP contribution in [0.3, 0.4) is 0 Å². The lowest BCUT2D eigenvalue weighted by atomic mass is 10.1. The van der Waals surface area contributed by atoms with Crippen LogP contribution in [-0.2, 0) is 6.18 Å². The number of hydrogen-bond acceptors (Lipinski definition) is 9. The van der Waals surface area contributed by atoms with Crippen LogP contribution in [0.2, 0.25) is 0 Å². The Morgan fingerprint density at radius 3 is 2.65 bits per heavy atom. The van der Waals surface area contributed by atoms with Gasteiger partial charge in [0.25, 0.3) is 11.2 Å². The number of halogens is 3. The fraction of sp³-hybridized carbons (Fsp3) is 0.333. The van der Waals surface area contributed by atoms with Crippen molar-refractivity contribution in [2.75, 3.05) is 18.0 Å². The molecule has 1 aromatic carbocycles. The van der Waals surface area contributed by atoms with Gasteiger partial charge in [-0.05, 0) is 18.6 Å². The number of aryl methyl sites for hydroxylation is 1. The van der Waals surface area contributed by atoms with Gasteiger partial charge in [-0.3, -0.25) is 14.9 Å². The van der Waals surface area contributed by atoms with E-state index in [1.54, 1.807) is 17.3 Å². The highest BCUT2D eigenvalue weighted by Crippen LogP contribution is 2.38. The molecule has 0 unspecified atom stereocenters. The number of alkyl halides is 3. The number of nitro benzene ring substituents is 1. The van der Waals surface area contributed by atoms with E-state index in [1.165, 1.54) is 0 Å². The lowest BCUT2D eigenvalue weighted by molar-refractivity contribution is -0.383. The number of ether oxygens (including phenoxy) is 1. The number of benzene rings is 1. The molecule has 0 saturated carbocycles. The molecule has 4 rings (SSSR count). The van der Waals surface area contributed by atoms with E-state index < -0.39 is 33.3 Å². The standard InChI is InChI=1S/C18H14F3N5O4S/c1-9-6-22-16(23-7-9)30-11-2-3-25(8-11)17-24-15(27)12-4-10(18(19,20)21)5-13(26(28)29)14(12)31-17/h4-7,11H,2-3,8H2,1H3/t11-/m0/s1. The second-order valence-electron chi connectivity index (χ2n) is 6.95. The fourth-order valence-corrected chi connectivity index (χ4v) is 4.26. The summed E-state index contributed by atoms with van der Waals surface area (Å²) in [6.45, 7) is 2.60. The molecule has 9 nitrogen and oxygen atoms in total. The van der Waals surface area contributed by atoms with Crippen molar-refractivity contribution in [3.05, 3.63) is 56.1 Å². The number of aromatic nitrogens is 3. The van der Waals surface area contributed by atoms with Gasteiger partial charge in [0.15, 0.2) is 5.13 Å². The zero-order chi connectivity index (χ0) is 22.3. The molecule has 0 N–H and O–H groups in total. The van der Waals surface area contributed by atoms with Gasteiger partial charge in [0.05, 0.1) is 22.4 Å². The van der Waals surface area contributed by atoms with Crippen LogP contribution in [-0.4, -0.2) is 39.1 Å². The second-order valence-corrected chi connectivity index (χ2v) is 7.92. The van der Waals surface area contributed by atoms with Gasteiger partial charge in [-0.2, -0.15) is 18.2 Å². The van der Waals surface area contributed by atoms with Gasteiger partial charge in [-0.25, -0.2) is 9.97 Å². The van der Waals surface area contributed by atoms with Crippen LogP contribution in [0.1, 0.15) is 17.5 Å². The topological polar surface area (TPSA) is 111 Å². The molecule has 1 aliphatic rings. The Hall–Kier alpha value is -3.35.